The van der Waals surface area contributed by atoms with Crippen LogP contribution in [-0.4, -0.2) is 4.98 Å². The lowest BCUT2D eigenvalue weighted by atomic mass is 9.99. The summed E-state index contributed by atoms with van der Waals surface area (Å²) in [4.78, 5) is 4.00. The standard InChI is InChI=1S/C15H18N2/c1-11(2)14-5-3-12(4-6-14)9-13-7-8-17-15(16)10-13/h3-8,10-11H,9H2,1-2H3,(H2,16,17). The molecule has 0 unspecified atom stereocenters. The highest BCUT2D eigenvalue weighted by Gasteiger charge is 2.00. The van der Waals surface area contributed by atoms with Crippen LogP contribution in [0, 0.1) is 0 Å². The van der Waals surface area contributed by atoms with E-state index < -0.39 is 0 Å². The van der Waals surface area contributed by atoms with Crippen molar-refractivity contribution in [2.45, 2.75) is 26.2 Å². The maximum absolute atomic E-state index is 5.66. The molecule has 0 atom stereocenters. The van der Waals surface area contributed by atoms with Crippen LogP contribution in [0.15, 0.2) is 42.6 Å². The number of nitrogens with zero attached hydrogens (tertiary/aromatic N) is 1. The number of nitrogen functional groups attached to an aromatic ring is 1. The van der Waals surface area contributed by atoms with E-state index in [0.717, 1.165) is 6.42 Å². The Balaban J connectivity index is 2.14. The molecule has 0 saturated heterocycles. The summed E-state index contributed by atoms with van der Waals surface area (Å²) in [5.41, 5.74) is 9.55. The zero-order chi connectivity index (χ0) is 12.3. The van der Waals surface area contributed by atoms with E-state index in [2.05, 4.69) is 43.1 Å². The molecule has 2 N–H and O–H groups in total. The van der Waals surface area contributed by atoms with Crippen LogP contribution in [0.25, 0.3) is 0 Å². The zero-order valence-corrected chi connectivity index (χ0v) is 10.4. The number of pyridine rings is 1. The molecule has 0 amide bonds. The molecule has 2 rings (SSSR count). The average Bonchev–Trinajstić information content (AvgIpc) is 2.29. The van der Waals surface area contributed by atoms with Crippen LogP contribution in [-0.2, 0) is 6.42 Å². The van der Waals surface area contributed by atoms with Gasteiger partial charge in [-0.15, -0.1) is 0 Å². The van der Waals surface area contributed by atoms with Gasteiger partial charge in [0.2, 0.25) is 0 Å². The molecule has 0 aliphatic carbocycles. The summed E-state index contributed by atoms with van der Waals surface area (Å²) in [5.74, 6) is 1.17. The zero-order valence-electron chi connectivity index (χ0n) is 10.4. The summed E-state index contributed by atoms with van der Waals surface area (Å²) in [5, 5.41) is 0. The van der Waals surface area contributed by atoms with E-state index >= 15 is 0 Å². The molecule has 88 valence electrons. The van der Waals surface area contributed by atoms with Crippen LogP contribution in [0.3, 0.4) is 0 Å². The molecule has 0 saturated carbocycles. The molecule has 1 aromatic heterocycles. The first-order valence-electron chi connectivity index (χ1n) is 5.94. The molecule has 2 heteroatoms. The quantitative estimate of drug-likeness (QED) is 0.871. The highest BCUT2D eigenvalue weighted by atomic mass is 14.8. The van der Waals surface area contributed by atoms with Gasteiger partial charge in [0, 0.05) is 6.20 Å². The molecule has 0 radical (unpaired) electrons. The Morgan fingerprint density at radius 1 is 1.06 bits per heavy atom. The fourth-order valence-electron chi connectivity index (χ4n) is 1.86. The van der Waals surface area contributed by atoms with E-state index in [1.165, 1.54) is 16.7 Å². The van der Waals surface area contributed by atoms with Gasteiger partial charge in [0.1, 0.15) is 5.82 Å². The molecular weight excluding hydrogens is 208 g/mol. The first kappa shape index (κ1) is 11.6. The average molecular weight is 226 g/mol. The number of aromatic nitrogens is 1. The normalized spacial score (nSPS) is 10.8. The SMILES string of the molecule is CC(C)c1ccc(Cc2ccnc(N)c2)cc1. The maximum atomic E-state index is 5.66. The molecule has 0 spiro atoms. The van der Waals surface area contributed by atoms with Crippen molar-refractivity contribution in [2.75, 3.05) is 5.73 Å². The smallest absolute Gasteiger partial charge is 0.123 e. The summed E-state index contributed by atoms with van der Waals surface area (Å²) >= 11 is 0. The van der Waals surface area contributed by atoms with Crippen LogP contribution >= 0.6 is 0 Å². The molecule has 2 nitrogen and oxygen atoms in total. The van der Waals surface area contributed by atoms with E-state index in [-0.39, 0.29) is 0 Å². The lowest BCUT2D eigenvalue weighted by Gasteiger charge is -2.07. The van der Waals surface area contributed by atoms with Crippen molar-refractivity contribution in [1.29, 1.82) is 0 Å². The number of rotatable bonds is 3. The van der Waals surface area contributed by atoms with Gasteiger partial charge in [-0.25, -0.2) is 4.98 Å². The topological polar surface area (TPSA) is 38.9 Å². The molecule has 0 aliphatic heterocycles. The highest BCUT2D eigenvalue weighted by molar-refractivity contribution is 5.35. The van der Waals surface area contributed by atoms with Gasteiger partial charge in [-0.05, 0) is 41.2 Å². The molecule has 0 fully saturated rings. The molecular formula is C15H18N2. The summed E-state index contributed by atoms with van der Waals surface area (Å²) in [7, 11) is 0. The lowest BCUT2D eigenvalue weighted by molar-refractivity contribution is 0.865. The van der Waals surface area contributed by atoms with Crippen LogP contribution in [0.1, 0.15) is 36.5 Å². The lowest BCUT2D eigenvalue weighted by Crippen LogP contribution is -1.94. The first-order valence-corrected chi connectivity index (χ1v) is 5.94. The van der Waals surface area contributed by atoms with Gasteiger partial charge < -0.3 is 5.73 Å². The van der Waals surface area contributed by atoms with Crippen molar-refractivity contribution in [2.24, 2.45) is 0 Å². The largest absolute Gasteiger partial charge is 0.384 e. The number of hydrogen-bond donors (Lipinski definition) is 1. The molecule has 2 aromatic rings. The fraction of sp³-hybridized carbons (Fsp3) is 0.267. The van der Waals surface area contributed by atoms with Crippen molar-refractivity contribution in [3.63, 3.8) is 0 Å². The van der Waals surface area contributed by atoms with Crippen molar-refractivity contribution in [1.82, 2.24) is 4.98 Å². The van der Waals surface area contributed by atoms with Gasteiger partial charge in [0.25, 0.3) is 0 Å². The highest BCUT2D eigenvalue weighted by Crippen LogP contribution is 2.17. The minimum Gasteiger partial charge on any atom is -0.384 e. The minimum absolute atomic E-state index is 0.584. The summed E-state index contributed by atoms with van der Waals surface area (Å²) < 4.78 is 0. The van der Waals surface area contributed by atoms with E-state index in [0.29, 0.717) is 11.7 Å². The number of hydrogen-bond acceptors (Lipinski definition) is 2. The Morgan fingerprint density at radius 3 is 2.35 bits per heavy atom. The summed E-state index contributed by atoms with van der Waals surface area (Å²) in [6.45, 7) is 4.41. The van der Waals surface area contributed by atoms with E-state index in [9.17, 15) is 0 Å². The number of nitrogens with two attached hydrogens (primary N) is 1. The first-order chi connectivity index (χ1) is 8.15. The van der Waals surface area contributed by atoms with Gasteiger partial charge in [-0.2, -0.15) is 0 Å². The second-order valence-corrected chi connectivity index (χ2v) is 4.66. The number of benzene rings is 1. The second-order valence-electron chi connectivity index (χ2n) is 4.66. The predicted molar refractivity (Wildman–Crippen MR) is 72.0 cm³/mol. The Morgan fingerprint density at radius 2 is 1.76 bits per heavy atom. The van der Waals surface area contributed by atoms with Crippen LogP contribution in [0.4, 0.5) is 5.82 Å². The number of anilines is 1. The van der Waals surface area contributed by atoms with Crippen LogP contribution < -0.4 is 5.73 Å². The van der Waals surface area contributed by atoms with Crippen molar-refractivity contribution in [3.8, 4) is 0 Å². The third-order valence-corrected chi connectivity index (χ3v) is 2.90. The molecule has 0 aliphatic rings. The fourth-order valence-corrected chi connectivity index (χ4v) is 1.86. The molecule has 1 aromatic carbocycles. The maximum Gasteiger partial charge on any atom is 0.123 e. The Kier molecular flexibility index (Phi) is 3.43. The van der Waals surface area contributed by atoms with E-state index in [1.807, 2.05) is 12.1 Å². The van der Waals surface area contributed by atoms with E-state index in [4.69, 9.17) is 5.73 Å². The van der Waals surface area contributed by atoms with Crippen LogP contribution in [0.5, 0.6) is 0 Å². The Bertz CT molecular complexity index is 487. The molecule has 17 heavy (non-hydrogen) atoms. The van der Waals surface area contributed by atoms with Crippen LogP contribution in [0.2, 0.25) is 0 Å². The van der Waals surface area contributed by atoms with Gasteiger partial charge in [-0.3, -0.25) is 0 Å². The summed E-state index contributed by atoms with van der Waals surface area (Å²) in [6, 6.07) is 12.7. The van der Waals surface area contributed by atoms with Crippen molar-refractivity contribution >= 4 is 5.82 Å². The monoisotopic (exact) mass is 226 g/mol. The van der Waals surface area contributed by atoms with E-state index in [1.54, 1.807) is 6.20 Å². The third-order valence-electron chi connectivity index (χ3n) is 2.90. The van der Waals surface area contributed by atoms with Crippen molar-refractivity contribution < 1.29 is 0 Å². The van der Waals surface area contributed by atoms with Gasteiger partial charge >= 0.3 is 0 Å². The van der Waals surface area contributed by atoms with Crippen molar-refractivity contribution in [3.05, 3.63) is 59.3 Å². The van der Waals surface area contributed by atoms with Gasteiger partial charge in [0.05, 0.1) is 0 Å². The Hall–Kier alpha value is -1.83. The molecule has 0 bridgehead atoms. The van der Waals surface area contributed by atoms with Gasteiger partial charge in [0.15, 0.2) is 0 Å². The predicted octanol–water partition coefficient (Wildman–Crippen LogP) is 3.38. The van der Waals surface area contributed by atoms with Gasteiger partial charge in [-0.1, -0.05) is 38.1 Å². The second kappa shape index (κ2) is 5.00. The molecule has 1 heterocycles. The Labute approximate surface area is 103 Å². The summed E-state index contributed by atoms with van der Waals surface area (Å²) in [6.07, 6.45) is 2.66. The third kappa shape index (κ3) is 3.06. The minimum atomic E-state index is 0.584.